The van der Waals surface area contributed by atoms with E-state index in [9.17, 15) is 0 Å². The van der Waals surface area contributed by atoms with Gasteiger partial charge in [0.2, 0.25) is 0 Å². The summed E-state index contributed by atoms with van der Waals surface area (Å²) in [6.07, 6.45) is 0. The van der Waals surface area contributed by atoms with Crippen molar-refractivity contribution in [1.82, 2.24) is 0 Å². The van der Waals surface area contributed by atoms with Crippen molar-refractivity contribution in [2.24, 2.45) is 0 Å². The van der Waals surface area contributed by atoms with Crippen LogP contribution in [0.15, 0.2) is 84.9 Å². The van der Waals surface area contributed by atoms with E-state index in [4.69, 9.17) is 0 Å². The molecule has 0 fully saturated rings. The molecule has 0 bridgehead atoms. The average Bonchev–Trinajstić information content (AvgIpc) is 3.37. The van der Waals surface area contributed by atoms with Crippen LogP contribution in [0.3, 0.4) is 0 Å². The van der Waals surface area contributed by atoms with E-state index in [2.05, 4.69) is 140 Å². The minimum atomic E-state index is 0. The summed E-state index contributed by atoms with van der Waals surface area (Å²) in [6, 6.07) is 30.8. The SMILES string of the molecule is CC(C)(C)c1ccc2[cH-]c3ccc(C(C)(C)C)cc3c2c1.C[Si]C.[Zr+2].c1ccc2[cH-]ccc2c1. The summed E-state index contributed by atoms with van der Waals surface area (Å²) in [4.78, 5) is 0. The van der Waals surface area contributed by atoms with Crippen LogP contribution in [-0.2, 0) is 37.0 Å². The molecule has 0 saturated carbocycles. The van der Waals surface area contributed by atoms with Crippen LogP contribution in [0.2, 0.25) is 13.1 Å². The first-order valence-electron chi connectivity index (χ1n) is 11.9. The Kier molecular flexibility index (Phi) is 9.87. The van der Waals surface area contributed by atoms with Gasteiger partial charge in [-0.1, -0.05) is 96.1 Å². The van der Waals surface area contributed by atoms with Gasteiger partial charge in [0.15, 0.2) is 0 Å². The topological polar surface area (TPSA) is 0 Å². The first-order chi connectivity index (χ1) is 15.5. The van der Waals surface area contributed by atoms with Crippen molar-refractivity contribution < 1.29 is 26.2 Å². The molecule has 5 aromatic rings. The Labute approximate surface area is 228 Å². The second-order valence-corrected chi connectivity index (χ2v) is 11.9. The van der Waals surface area contributed by atoms with E-state index in [0.717, 1.165) is 9.52 Å². The molecule has 0 aliphatic rings. The van der Waals surface area contributed by atoms with Crippen molar-refractivity contribution >= 4 is 41.8 Å². The Hall–Kier alpha value is -1.76. The predicted octanol–water partition coefficient (Wildman–Crippen LogP) is 9.65. The Bertz CT molecular complexity index is 1220. The molecule has 34 heavy (non-hydrogen) atoms. The van der Waals surface area contributed by atoms with E-state index in [-0.39, 0.29) is 37.0 Å². The number of hydrogen-bond donors (Lipinski definition) is 0. The van der Waals surface area contributed by atoms with Crippen LogP contribution in [0.5, 0.6) is 0 Å². The molecular formula is C32H38SiZr. The molecule has 0 spiro atoms. The van der Waals surface area contributed by atoms with Gasteiger partial charge in [-0.05, 0) is 10.8 Å². The van der Waals surface area contributed by atoms with Crippen molar-refractivity contribution in [3.8, 4) is 0 Å². The Balaban J connectivity index is 0.000000261. The standard InChI is InChI=1S/C21H25.C9H7.C2H6Si.Zr/c1-20(2,3)16-9-7-14-11-15-8-10-17(21(4,5)6)13-19(15)18(14)12-16;1-2-5-9-7-3-6-8(9)4-1;1-3-2;/h7-13H,1-6H3;1-7H;1-2H3;/q2*-1;;+2. The molecule has 0 nitrogen and oxygen atoms in total. The minimum absolute atomic E-state index is 0. The summed E-state index contributed by atoms with van der Waals surface area (Å²) >= 11 is 0. The molecule has 0 aliphatic carbocycles. The van der Waals surface area contributed by atoms with Gasteiger partial charge in [0.1, 0.15) is 0 Å². The molecule has 0 aliphatic heterocycles. The van der Waals surface area contributed by atoms with Crippen molar-refractivity contribution in [2.45, 2.75) is 65.5 Å². The fourth-order valence-corrected chi connectivity index (χ4v) is 4.00. The maximum atomic E-state index is 2.38. The minimum Gasteiger partial charge on any atom is -0.168 e. The third kappa shape index (κ3) is 6.89. The van der Waals surface area contributed by atoms with Crippen LogP contribution >= 0.6 is 0 Å². The van der Waals surface area contributed by atoms with Crippen LogP contribution in [0, 0.1) is 0 Å². The Morgan fingerprint density at radius 1 is 0.618 bits per heavy atom. The molecule has 0 aromatic heterocycles. The number of benzene rings is 3. The first kappa shape index (κ1) is 28.5. The molecule has 174 valence electrons. The zero-order valence-electron chi connectivity index (χ0n) is 22.1. The van der Waals surface area contributed by atoms with Gasteiger partial charge in [-0.15, -0.1) is 69.4 Å². The zero-order chi connectivity index (χ0) is 24.2. The normalized spacial score (nSPS) is 11.4. The molecule has 0 atom stereocenters. The van der Waals surface area contributed by atoms with Crippen molar-refractivity contribution in [3.05, 3.63) is 96.1 Å². The van der Waals surface area contributed by atoms with E-state index in [1.807, 2.05) is 0 Å². The Morgan fingerprint density at radius 3 is 1.53 bits per heavy atom. The summed E-state index contributed by atoms with van der Waals surface area (Å²) in [5, 5.41) is 8.15. The quantitative estimate of drug-likeness (QED) is 0.135. The average molecular weight is 542 g/mol. The van der Waals surface area contributed by atoms with E-state index in [1.54, 1.807) is 0 Å². The third-order valence-electron chi connectivity index (χ3n) is 5.99. The monoisotopic (exact) mass is 540 g/mol. The van der Waals surface area contributed by atoms with Gasteiger partial charge in [-0.2, -0.15) is 17.5 Å². The maximum absolute atomic E-state index is 2.38. The second kappa shape index (κ2) is 11.8. The summed E-state index contributed by atoms with van der Waals surface area (Å²) in [6.45, 7) is 18.0. The molecule has 2 heteroatoms. The van der Waals surface area contributed by atoms with Crippen molar-refractivity contribution in [3.63, 3.8) is 0 Å². The van der Waals surface area contributed by atoms with E-state index in [0.29, 0.717) is 0 Å². The maximum Gasteiger partial charge on any atom is 2.00 e. The van der Waals surface area contributed by atoms with Crippen LogP contribution < -0.4 is 0 Å². The van der Waals surface area contributed by atoms with E-state index < -0.39 is 0 Å². The molecule has 5 aromatic carbocycles. The van der Waals surface area contributed by atoms with E-state index >= 15 is 0 Å². The van der Waals surface area contributed by atoms with Crippen LogP contribution in [0.1, 0.15) is 52.7 Å². The summed E-state index contributed by atoms with van der Waals surface area (Å²) in [5.74, 6) is 0. The van der Waals surface area contributed by atoms with Crippen LogP contribution in [0.4, 0.5) is 0 Å². The first-order valence-corrected chi connectivity index (χ1v) is 13.9. The molecule has 0 N–H and O–H groups in total. The fraction of sp³-hybridized carbons (Fsp3) is 0.312. The van der Waals surface area contributed by atoms with Gasteiger partial charge in [0.05, 0.1) is 0 Å². The molecule has 0 amide bonds. The van der Waals surface area contributed by atoms with E-state index in [1.165, 1.54) is 43.4 Å². The van der Waals surface area contributed by atoms with Gasteiger partial charge in [-0.3, -0.25) is 0 Å². The summed E-state index contributed by atoms with van der Waals surface area (Å²) < 4.78 is 0. The number of fused-ring (bicyclic) bond motifs is 4. The van der Waals surface area contributed by atoms with Gasteiger partial charge in [0, 0.05) is 9.52 Å². The van der Waals surface area contributed by atoms with Crippen molar-refractivity contribution in [2.75, 3.05) is 0 Å². The number of hydrogen-bond acceptors (Lipinski definition) is 0. The second-order valence-electron chi connectivity index (χ2n) is 10.9. The molecular weight excluding hydrogens is 504 g/mol. The smallest absolute Gasteiger partial charge is 0.168 e. The molecule has 0 heterocycles. The Morgan fingerprint density at radius 2 is 1.09 bits per heavy atom. The predicted molar refractivity (Wildman–Crippen MR) is 151 cm³/mol. The zero-order valence-corrected chi connectivity index (χ0v) is 25.5. The van der Waals surface area contributed by atoms with Gasteiger partial charge >= 0.3 is 26.2 Å². The fourth-order valence-electron chi connectivity index (χ4n) is 4.00. The van der Waals surface area contributed by atoms with Crippen LogP contribution in [-0.4, -0.2) is 9.52 Å². The van der Waals surface area contributed by atoms with Gasteiger partial charge in [-0.25, -0.2) is 0 Å². The molecule has 5 rings (SSSR count). The molecule has 0 unspecified atom stereocenters. The molecule has 0 saturated heterocycles. The number of rotatable bonds is 0. The summed E-state index contributed by atoms with van der Waals surface area (Å²) in [5.41, 5.74) is 3.20. The third-order valence-corrected chi connectivity index (χ3v) is 5.99. The van der Waals surface area contributed by atoms with Crippen molar-refractivity contribution in [1.29, 1.82) is 0 Å². The molecule has 2 radical (unpaired) electrons. The van der Waals surface area contributed by atoms with Crippen LogP contribution in [0.25, 0.3) is 32.3 Å². The van der Waals surface area contributed by atoms with Gasteiger partial charge < -0.3 is 0 Å². The van der Waals surface area contributed by atoms with Gasteiger partial charge in [0.25, 0.3) is 0 Å². The largest absolute Gasteiger partial charge is 2.00 e. The summed E-state index contributed by atoms with van der Waals surface area (Å²) in [7, 11) is 1.08.